The molecule has 0 spiro atoms. The highest BCUT2D eigenvalue weighted by atomic mass is 32.3. The van der Waals surface area contributed by atoms with E-state index in [4.69, 9.17) is 13.0 Å². The van der Waals surface area contributed by atoms with Gasteiger partial charge in [0.1, 0.15) is 5.78 Å². The molecule has 1 amide bonds. The van der Waals surface area contributed by atoms with Crippen LogP contribution in [0.1, 0.15) is 13.3 Å². The van der Waals surface area contributed by atoms with Crippen LogP contribution in [0, 0.1) is 0 Å². The highest BCUT2D eigenvalue weighted by Crippen LogP contribution is 1.75. The second-order valence-corrected chi connectivity index (χ2v) is 2.58. The molecule has 0 aliphatic heterocycles. The number of ketones is 1. The molecule has 0 aliphatic rings. The van der Waals surface area contributed by atoms with Crippen molar-refractivity contribution in [1.82, 2.24) is 0 Å². The predicted molar refractivity (Wildman–Crippen MR) is 37.1 cm³/mol. The third-order valence-electron chi connectivity index (χ3n) is 0.423. The first-order valence-corrected chi connectivity index (χ1v) is 3.91. The first-order valence-electron chi connectivity index (χ1n) is 2.57. The number of halogens is 1. The van der Waals surface area contributed by atoms with Crippen LogP contribution < -0.4 is 5.73 Å². The molecular weight excluding hydrogens is 193 g/mol. The van der Waals surface area contributed by atoms with Gasteiger partial charge in [0, 0.05) is 0 Å². The van der Waals surface area contributed by atoms with E-state index in [9.17, 15) is 13.5 Å². The molecule has 0 aromatic heterocycles. The van der Waals surface area contributed by atoms with Crippen LogP contribution in [0.2, 0.25) is 0 Å². The van der Waals surface area contributed by atoms with Crippen molar-refractivity contribution >= 4 is 22.2 Å². The first-order chi connectivity index (χ1) is 5.13. The summed E-state index contributed by atoms with van der Waals surface area (Å²) >= 11 is 0. The molecule has 8 heteroatoms. The Morgan fingerprint density at radius 2 is 1.75 bits per heavy atom. The summed E-state index contributed by atoms with van der Waals surface area (Å²) in [4.78, 5) is 19.8. The lowest BCUT2D eigenvalue weighted by Crippen LogP contribution is -2.13. The third kappa shape index (κ3) is 64.4. The van der Waals surface area contributed by atoms with Crippen LogP contribution >= 0.6 is 0 Å². The van der Waals surface area contributed by atoms with Gasteiger partial charge in [0.15, 0.2) is 0 Å². The van der Waals surface area contributed by atoms with Crippen molar-refractivity contribution in [2.45, 2.75) is 13.3 Å². The fourth-order valence-electron chi connectivity index (χ4n) is 0.245. The smallest absolute Gasteiger partial charge is 0.369 e. The van der Waals surface area contributed by atoms with Crippen LogP contribution in [0.4, 0.5) is 3.89 Å². The number of carbonyl (C=O) groups is 2. The SMILES string of the molecule is CC(=O)CC(N)=O.O=S(=O)(O)F. The summed E-state index contributed by atoms with van der Waals surface area (Å²) in [6.45, 7) is 1.32. The molecule has 0 saturated carbocycles. The summed E-state index contributed by atoms with van der Waals surface area (Å²) in [5.74, 6) is -0.750. The maximum atomic E-state index is 10.2. The number of primary amides is 1. The number of carbonyl (C=O) groups excluding carboxylic acids is 2. The Hall–Kier alpha value is -1.02. The lowest BCUT2D eigenvalue weighted by atomic mass is 10.3. The summed E-state index contributed by atoms with van der Waals surface area (Å²) < 4.78 is 34.1. The first kappa shape index (κ1) is 13.6. The average Bonchev–Trinajstić information content (AvgIpc) is 1.52. The molecule has 12 heavy (non-hydrogen) atoms. The summed E-state index contributed by atoms with van der Waals surface area (Å²) in [6.07, 6.45) is -0.139. The highest BCUT2D eigenvalue weighted by Gasteiger charge is 1.95. The standard InChI is InChI=1S/C4H7NO2.FHO3S/c1-3(6)2-4(5)7;1-5(2,3)4/h2H2,1H3,(H2,5,7);(H,2,3,4). The molecule has 0 heterocycles. The lowest BCUT2D eigenvalue weighted by molar-refractivity contribution is -0.125. The number of Topliss-reactive ketones (excluding diaryl/α,β-unsaturated/α-hetero) is 1. The molecule has 0 aromatic carbocycles. The monoisotopic (exact) mass is 201 g/mol. The summed E-state index contributed by atoms with van der Waals surface area (Å²) in [6, 6.07) is 0. The zero-order valence-corrected chi connectivity index (χ0v) is 6.97. The Kier molecular flexibility index (Phi) is 6.34. The Bertz CT molecular complexity index is 239. The van der Waals surface area contributed by atoms with Crippen LogP contribution in [-0.2, 0) is 20.1 Å². The maximum Gasteiger partial charge on any atom is 0.435 e. The number of nitrogens with two attached hydrogens (primary N) is 1. The van der Waals surface area contributed by atoms with E-state index < -0.39 is 16.4 Å². The molecule has 0 aromatic rings. The Labute approximate surface area is 68.6 Å². The molecule has 0 aliphatic carbocycles. The Morgan fingerprint density at radius 3 is 1.75 bits per heavy atom. The predicted octanol–water partition coefficient (Wildman–Crippen LogP) is -0.790. The van der Waals surface area contributed by atoms with Crippen molar-refractivity contribution in [3.63, 3.8) is 0 Å². The second-order valence-electron chi connectivity index (χ2n) is 1.76. The van der Waals surface area contributed by atoms with E-state index in [1.807, 2.05) is 0 Å². The van der Waals surface area contributed by atoms with E-state index in [2.05, 4.69) is 5.73 Å². The fourth-order valence-corrected chi connectivity index (χ4v) is 0.245. The molecule has 3 N–H and O–H groups in total. The van der Waals surface area contributed by atoms with Gasteiger partial charge in [-0.2, -0.15) is 8.42 Å². The van der Waals surface area contributed by atoms with Crippen molar-refractivity contribution < 1.29 is 26.4 Å². The van der Waals surface area contributed by atoms with Gasteiger partial charge in [-0.1, -0.05) is 3.89 Å². The minimum Gasteiger partial charge on any atom is -0.369 e. The molecule has 0 radical (unpaired) electrons. The summed E-state index contributed by atoms with van der Waals surface area (Å²) in [5, 5.41) is 0. The molecule has 6 nitrogen and oxygen atoms in total. The largest absolute Gasteiger partial charge is 0.435 e. The van der Waals surface area contributed by atoms with Gasteiger partial charge in [-0.25, -0.2) is 0 Å². The number of rotatable bonds is 2. The van der Waals surface area contributed by atoms with Gasteiger partial charge in [0.2, 0.25) is 5.91 Å². The van der Waals surface area contributed by atoms with Crippen molar-refractivity contribution in [3.8, 4) is 0 Å². The van der Waals surface area contributed by atoms with Crippen LogP contribution in [0.25, 0.3) is 0 Å². The van der Waals surface area contributed by atoms with E-state index >= 15 is 0 Å². The number of hydrogen-bond donors (Lipinski definition) is 2. The summed E-state index contributed by atoms with van der Waals surface area (Å²) in [7, 11) is -5.17. The maximum absolute atomic E-state index is 10.2. The average molecular weight is 201 g/mol. The van der Waals surface area contributed by atoms with Crippen molar-refractivity contribution in [3.05, 3.63) is 0 Å². The van der Waals surface area contributed by atoms with Crippen LogP contribution in [0.15, 0.2) is 0 Å². The van der Waals surface area contributed by atoms with Crippen molar-refractivity contribution in [2.24, 2.45) is 5.73 Å². The minimum atomic E-state index is -5.17. The summed E-state index contributed by atoms with van der Waals surface area (Å²) in [5.41, 5.74) is 4.63. The molecule has 72 valence electrons. The van der Waals surface area contributed by atoms with E-state index in [0.717, 1.165) is 0 Å². The van der Waals surface area contributed by atoms with Crippen LogP contribution in [-0.4, -0.2) is 24.7 Å². The Balaban J connectivity index is 0. The van der Waals surface area contributed by atoms with E-state index in [1.54, 1.807) is 0 Å². The molecule has 0 rings (SSSR count). The molecule has 0 saturated heterocycles. The van der Waals surface area contributed by atoms with Crippen molar-refractivity contribution in [1.29, 1.82) is 0 Å². The highest BCUT2D eigenvalue weighted by molar-refractivity contribution is 7.80. The van der Waals surface area contributed by atoms with Gasteiger partial charge in [0.05, 0.1) is 6.42 Å². The minimum absolute atomic E-state index is 0.139. The number of hydrogen-bond acceptors (Lipinski definition) is 4. The third-order valence-corrected chi connectivity index (χ3v) is 0.423. The van der Waals surface area contributed by atoms with E-state index in [1.165, 1.54) is 6.92 Å². The molecule has 0 unspecified atom stereocenters. The van der Waals surface area contributed by atoms with Crippen LogP contribution in [0.3, 0.4) is 0 Å². The lowest BCUT2D eigenvalue weighted by Gasteiger charge is -1.82. The quantitative estimate of drug-likeness (QED) is 0.345. The topological polar surface area (TPSA) is 115 Å². The van der Waals surface area contributed by atoms with Crippen LogP contribution in [0.5, 0.6) is 0 Å². The van der Waals surface area contributed by atoms with Crippen molar-refractivity contribution in [2.75, 3.05) is 0 Å². The Morgan fingerprint density at radius 1 is 1.50 bits per heavy atom. The van der Waals surface area contributed by atoms with E-state index in [0.29, 0.717) is 0 Å². The van der Waals surface area contributed by atoms with Gasteiger partial charge in [-0.3, -0.25) is 14.1 Å². The fraction of sp³-hybridized carbons (Fsp3) is 0.500. The molecule has 0 bridgehead atoms. The van der Waals surface area contributed by atoms with E-state index in [-0.39, 0.29) is 12.2 Å². The van der Waals surface area contributed by atoms with Gasteiger partial charge in [-0.05, 0) is 6.92 Å². The number of amides is 1. The van der Waals surface area contributed by atoms with Gasteiger partial charge in [-0.15, -0.1) is 0 Å². The van der Waals surface area contributed by atoms with Gasteiger partial charge in [0.25, 0.3) is 0 Å². The van der Waals surface area contributed by atoms with Gasteiger partial charge < -0.3 is 5.73 Å². The zero-order valence-electron chi connectivity index (χ0n) is 6.15. The normalized spacial score (nSPS) is 9.58. The zero-order chi connectivity index (χ0) is 10.4. The van der Waals surface area contributed by atoms with Gasteiger partial charge >= 0.3 is 10.5 Å². The second kappa shape index (κ2) is 5.61. The molecular formula is C4H8FNO5S. The molecule has 0 atom stereocenters. The molecule has 0 fully saturated rings.